The average Bonchev–Trinajstić information content (AvgIpc) is 2.48. The summed E-state index contributed by atoms with van der Waals surface area (Å²) < 4.78 is 0. The SMILES string of the molecule is CC1CCN(C(=O)c2ccc(C#CCN)cc2)CC1C. The van der Waals surface area contributed by atoms with Gasteiger partial charge in [-0.1, -0.05) is 25.7 Å². The van der Waals surface area contributed by atoms with E-state index in [1.807, 2.05) is 29.2 Å². The molecule has 2 N–H and O–H groups in total. The smallest absolute Gasteiger partial charge is 0.253 e. The average molecular weight is 270 g/mol. The second-order valence-electron chi connectivity index (χ2n) is 5.58. The largest absolute Gasteiger partial charge is 0.338 e. The van der Waals surface area contributed by atoms with Crippen molar-refractivity contribution in [2.45, 2.75) is 20.3 Å². The molecule has 0 radical (unpaired) electrons. The zero-order chi connectivity index (χ0) is 14.5. The summed E-state index contributed by atoms with van der Waals surface area (Å²) in [6, 6.07) is 7.47. The lowest BCUT2D eigenvalue weighted by molar-refractivity contribution is 0.0627. The monoisotopic (exact) mass is 270 g/mol. The molecule has 1 aliphatic heterocycles. The Morgan fingerprint density at radius 3 is 2.60 bits per heavy atom. The quantitative estimate of drug-likeness (QED) is 0.795. The summed E-state index contributed by atoms with van der Waals surface area (Å²) in [6.07, 6.45) is 1.09. The van der Waals surface area contributed by atoms with Crippen molar-refractivity contribution in [2.75, 3.05) is 19.6 Å². The highest BCUT2D eigenvalue weighted by molar-refractivity contribution is 5.94. The van der Waals surface area contributed by atoms with Crippen LogP contribution in [0.25, 0.3) is 0 Å². The summed E-state index contributed by atoms with van der Waals surface area (Å²) in [5, 5.41) is 0. The number of carbonyl (C=O) groups is 1. The number of piperidine rings is 1. The highest BCUT2D eigenvalue weighted by atomic mass is 16.2. The lowest BCUT2D eigenvalue weighted by Crippen LogP contribution is -2.42. The van der Waals surface area contributed by atoms with Gasteiger partial charge in [-0.2, -0.15) is 0 Å². The molecule has 0 bridgehead atoms. The van der Waals surface area contributed by atoms with Crippen molar-refractivity contribution < 1.29 is 4.79 Å². The van der Waals surface area contributed by atoms with Crippen molar-refractivity contribution in [1.29, 1.82) is 0 Å². The van der Waals surface area contributed by atoms with Gasteiger partial charge in [-0.25, -0.2) is 0 Å². The first kappa shape index (κ1) is 14.6. The molecule has 1 aromatic rings. The second-order valence-corrected chi connectivity index (χ2v) is 5.58. The van der Waals surface area contributed by atoms with Crippen molar-refractivity contribution in [1.82, 2.24) is 4.90 Å². The molecule has 1 aromatic carbocycles. The lowest BCUT2D eigenvalue weighted by Gasteiger charge is -2.35. The zero-order valence-electron chi connectivity index (χ0n) is 12.2. The maximum absolute atomic E-state index is 12.4. The number of carbonyl (C=O) groups excluding carboxylic acids is 1. The highest BCUT2D eigenvalue weighted by Crippen LogP contribution is 2.23. The number of hydrogen-bond donors (Lipinski definition) is 1. The van der Waals surface area contributed by atoms with Gasteiger partial charge in [0.25, 0.3) is 5.91 Å². The number of nitrogens with zero attached hydrogens (tertiary/aromatic N) is 1. The Labute approximate surface area is 121 Å². The van der Waals surface area contributed by atoms with Gasteiger partial charge >= 0.3 is 0 Å². The van der Waals surface area contributed by atoms with E-state index in [0.717, 1.165) is 30.6 Å². The number of rotatable bonds is 1. The van der Waals surface area contributed by atoms with Crippen molar-refractivity contribution in [2.24, 2.45) is 17.6 Å². The third-order valence-corrected chi connectivity index (χ3v) is 4.09. The molecular weight excluding hydrogens is 248 g/mol. The molecule has 1 saturated heterocycles. The van der Waals surface area contributed by atoms with Gasteiger partial charge in [0, 0.05) is 24.2 Å². The van der Waals surface area contributed by atoms with Crippen molar-refractivity contribution in [3.8, 4) is 11.8 Å². The van der Waals surface area contributed by atoms with E-state index in [4.69, 9.17) is 5.73 Å². The predicted molar refractivity (Wildman–Crippen MR) is 81.2 cm³/mol. The van der Waals surface area contributed by atoms with Crippen molar-refractivity contribution in [3.63, 3.8) is 0 Å². The topological polar surface area (TPSA) is 46.3 Å². The standard InChI is InChI=1S/C17H22N2O/c1-13-9-11-19(12-14(13)2)17(20)16-7-5-15(6-8-16)4-3-10-18/h5-8,13-14H,9-12,18H2,1-2H3. The minimum atomic E-state index is 0.127. The molecule has 1 heterocycles. The molecule has 20 heavy (non-hydrogen) atoms. The van der Waals surface area contributed by atoms with E-state index in [1.54, 1.807) is 0 Å². The first-order valence-electron chi connectivity index (χ1n) is 7.20. The fourth-order valence-electron chi connectivity index (χ4n) is 2.48. The fourth-order valence-corrected chi connectivity index (χ4v) is 2.48. The Morgan fingerprint density at radius 1 is 1.30 bits per heavy atom. The van der Waals surface area contributed by atoms with Crippen LogP contribution in [0.1, 0.15) is 36.2 Å². The van der Waals surface area contributed by atoms with Gasteiger partial charge in [0.15, 0.2) is 0 Å². The van der Waals surface area contributed by atoms with Crippen LogP contribution in [0.5, 0.6) is 0 Å². The van der Waals surface area contributed by atoms with E-state index in [2.05, 4.69) is 25.7 Å². The van der Waals surface area contributed by atoms with Crippen LogP contribution in [0.2, 0.25) is 0 Å². The summed E-state index contributed by atoms with van der Waals surface area (Å²) in [4.78, 5) is 14.4. The zero-order valence-corrected chi connectivity index (χ0v) is 12.2. The molecule has 1 aliphatic rings. The van der Waals surface area contributed by atoms with Gasteiger partial charge in [0.05, 0.1) is 6.54 Å². The number of benzene rings is 1. The van der Waals surface area contributed by atoms with Crippen LogP contribution in [0.15, 0.2) is 24.3 Å². The van der Waals surface area contributed by atoms with Crippen LogP contribution in [0, 0.1) is 23.7 Å². The molecule has 2 unspecified atom stereocenters. The Balaban J connectivity index is 2.06. The Morgan fingerprint density at radius 2 is 2.00 bits per heavy atom. The number of hydrogen-bond acceptors (Lipinski definition) is 2. The third-order valence-electron chi connectivity index (χ3n) is 4.09. The Kier molecular flexibility index (Phi) is 4.81. The van der Waals surface area contributed by atoms with Crippen molar-refractivity contribution in [3.05, 3.63) is 35.4 Å². The number of nitrogens with two attached hydrogens (primary N) is 1. The maximum Gasteiger partial charge on any atom is 0.253 e. The molecule has 2 atom stereocenters. The Bertz CT molecular complexity index is 524. The highest BCUT2D eigenvalue weighted by Gasteiger charge is 2.26. The van der Waals surface area contributed by atoms with Gasteiger partial charge in [-0.15, -0.1) is 0 Å². The molecule has 0 aliphatic carbocycles. The molecule has 0 saturated carbocycles. The van der Waals surface area contributed by atoms with Gasteiger partial charge in [-0.05, 0) is 42.5 Å². The lowest BCUT2D eigenvalue weighted by atomic mass is 9.88. The van der Waals surface area contributed by atoms with Gasteiger partial charge in [0.2, 0.25) is 0 Å². The normalized spacial score (nSPS) is 22.1. The summed E-state index contributed by atoms with van der Waals surface area (Å²) in [6.45, 7) is 6.55. The van der Waals surface area contributed by atoms with E-state index in [0.29, 0.717) is 18.4 Å². The molecule has 1 fully saturated rings. The fraction of sp³-hybridized carbons (Fsp3) is 0.471. The summed E-state index contributed by atoms with van der Waals surface area (Å²) in [5.74, 6) is 7.17. The van der Waals surface area contributed by atoms with E-state index in [9.17, 15) is 4.79 Å². The van der Waals surface area contributed by atoms with Crippen LogP contribution in [0.4, 0.5) is 0 Å². The van der Waals surface area contributed by atoms with Crippen LogP contribution in [0.3, 0.4) is 0 Å². The van der Waals surface area contributed by atoms with E-state index >= 15 is 0 Å². The van der Waals surface area contributed by atoms with Crippen LogP contribution in [-0.4, -0.2) is 30.4 Å². The molecule has 3 heteroatoms. The molecule has 0 spiro atoms. The van der Waals surface area contributed by atoms with Gasteiger partial charge in [0.1, 0.15) is 0 Å². The summed E-state index contributed by atoms with van der Waals surface area (Å²) >= 11 is 0. The minimum Gasteiger partial charge on any atom is -0.338 e. The molecule has 1 amide bonds. The van der Waals surface area contributed by atoms with Gasteiger partial charge in [-0.3, -0.25) is 4.79 Å². The molecule has 2 rings (SSSR count). The molecular formula is C17H22N2O. The molecule has 3 nitrogen and oxygen atoms in total. The van der Waals surface area contributed by atoms with Gasteiger partial charge < -0.3 is 10.6 Å². The molecule has 0 aromatic heterocycles. The summed E-state index contributed by atoms with van der Waals surface area (Å²) in [7, 11) is 0. The number of likely N-dealkylation sites (tertiary alicyclic amines) is 1. The van der Waals surface area contributed by atoms with E-state index in [1.165, 1.54) is 0 Å². The van der Waals surface area contributed by atoms with Crippen molar-refractivity contribution >= 4 is 5.91 Å². The second kappa shape index (κ2) is 6.58. The first-order chi connectivity index (χ1) is 9.61. The van der Waals surface area contributed by atoms with Crippen LogP contribution < -0.4 is 5.73 Å². The van der Waals surface area contributed by atoms with E-state index in [-0.39, 0.29) is 5.91 Å². The summed E-state index contributed by atoms with van der Waals surface area (Å²) in [5.41, 5.74) is 6.98. The van der Waals surface area contributed by atoms with E-state index < -0.39 is 0 Å². The third kappa shape index (κ3) is 3.40. The van der Waals surface area contributed by atoms with Crippen LogP contribution in [-0.2, 0) is 0 Å². The molecule has 106 valence electrons. The minimum absolute atomic E-state index is 0.127. The Hall–Kier alpha value is -1.79. The number of amides is 1. The van der Waals surface area contributed by atoms with Crippen LogP contribution >= 0.6 is 0 Å². The predicted octanol–water partition coefficient (Wildman–Crippen LogP) is 2.11. The first-order valence-corrected chi connectivity index (χ1v) is 7.20. The maximum atomic E-state index is 12.4.